The van der Waals surface area contributed by atoms with Gasteiger partial charge >= 0.3 is 6.09 Å². The van der Waals surface area contributed by atoms with Gasteiger partial charge in [0, 0.05) is 6.07 Å². The lowest BCUT2D eigenvalue weighted by Crippen LogP contribution is -2.12. The van der Waals surface area contributed by atoms with Crippen molar-refractivity contribution in [1.82, 2.24) is 5.32 Å². The number of rotatable bonds is 2. The van der Waals surface area contributed by atoms with Gasteiger partial charge < -0.3 is 10.1 Å². The topological polar surface area (TPSA) is 81.5 Å². The molecule has 1 unspecified atom stereocenters. The largest absolute Gasteiger partial charge is 0.439 e. The molecule has 1 fully saturated rings. The molecule has 0 spiro atoms. The molecule has 7 heteroatoms. The van der Waals surface area contributed by atoms with Crippen molar-refractivity contribution < 1.29 is 14.5 Å². The molecule has 0 bridgehead atoms. The highest BCUT2D eigenvalue weighted by Gasteiger charge is 2.32. The summed E-state index contributed by atoms with van der Waals surface area (Å²) < 4.78 is 4.88. The van der Waals surface area contributed by atoms with Crippen molar-refractivity contribution in [3.8, 4) is 0 Å². The second-order valence-electron chi connectivity index (χ2n) is 3.20. The van der Waals surface area contributed by atoms with Crippen LogP contribution in [0, 0.1) is 10.1 Å². The van der Waals surface area contributed by atoms with E-state index in [4.69, 9.17) is 16.3 Å². The second-order valence-corrected chi connectivity index (χ2v) is 3.61. The van der Waals surface area contributed by atoms with Crippen LogP contribution in [0.2, 0.25) is 5.02 Å². The minimum atomic E-state index is -0.707. The molecule has 1 amide bonds. The van der Waals surface area contributed by atoms with E-state index in [2.05, 4.69) is 5.32 Å². The number of cyclic esters (lactones) is 1. The van der Waals surface area contributed by atoms with Crippen molar-refractivity contribution in [2.45, 2.75) is 6.10 Å². The summed E-state index contributed by atoms with van der Waals surface area (Å²) >= 11 is 5.88. The molecular formula is C9H7ClN2O4. The van der Waals surface area contributed by atoms with Crippen LogP contribution in [0.1, 0.15) is 11.7 Å². The van der Waals surface area contributed by atoms with Crippen LogP contribution in [0.15, 0.2) is 18.2 Å². The van der Waals surface area contributed by atoms with Gasteiger partial charge in [-0.25, -0.2) is 4.79 Å². The lowest BCUT2D eigenvalue weighted by molar-refractivity contribution is -0.386. The maximum Gasteiger partial charge on any atom is 0.407 e. The van der Waals surface area contributed by atoms with Crippen LogP contribution in [0.4, 0.5) is 10.5 Å². The molecule has 16 heavy (non-hydrogen) atoms. The van der Waals surface area contributed by atoms with Crippen molar-refractivity contribution in [1.29, 1.82) is 0 Å². The van der Waals surface area contributed by atoms with Gasteiger partial charge in [0.2, 0.25) is 0 Å². The number of alkyl carbamates (subject to hydrolysis) is 1. The predicted octanol–water partition coefficient (Wildman–Crippen LogP) is 2.03. The maximum atomic E-state index is 10.9. The molecule has 0 saturated carbocycles. The molecule has 1 N–H and O–H groups in total. The molecule has 0 aromatic heterocycles. The minimum absolute atomic E-state index is 0.144. The Morgan fingerprint density at radius 2 is 2.31 bits per heavy atom. The number of nitrogens with zero attached hydrogens (tertiary/aromatic N) is 1. The molecule has 1 aromatic carbocycles. The van der Waals surface area contributed by atoms with Crippen molar-refractivity contribution in [3.63, 3.8) is 0 Å². The molecule has 1 atom stereocenters. The number of benzene rings is 1. The molecular weight excluding hydrogens is 236 g/mol. The molecule has 2 rings (SSSR count). The Morgan fingerprint density at radius 3 is 2.88 bits per heavy atom. The summed E-state index contributed by atoms with van der Waals surface area (Å²) in [6.07, 6.45) is -1.30. The third-order valence-corrected chi connectivity index (χ3v) is 2.56. The van der Waals surface area contributed by atoms with Crippen LogP contribution in [0.25, 0.3) is 0 Å². The summed E-state index contributed by atoms with van der Waals surface area (Å²) in [6.45, 7) is 0.184. The van der Waals surface area contributed by atoms with Gasteiger partial charge in [-0.3, -0.25) is 10.1 Å². The zero-order chi connectivity index (χ0) is 11.7. The minimum Gasteiger partial charge on any atom is -0.439 e. The van der Waals surface area contributed by atoms with Crippen LogP contribution < -0.4 is 5.32 Å². The van der Waals surface area contributed by atoms with E-state index < -0.39 is 17.1 Å². The molecule has 6 nitrogen and oxygen atoms in total. The molecule has 84 valence electrons. The number of halogens is 1. The lowest BCUT2D eigenvalue weighted by Gasteiger charge is -2.10. The first kappa shape index (κ1) is 10.7. The fourth-order valence-electron chi connectivity index (χ4n) is 1.55. The number of carbonyl (C=O) groups is 1. The Hall–Kier alpha value is -1.82. The van der Waals surface area contributed by atoms with Crippen LogP contribution in [0.5, 0.6) is 0 Å². The van der Waals surface area contributed by atoms with Crippen molar-refractivity contribution >= 4 is 23.4 Å². The van der Waals surface area contributed by atoms with Crippen LogP contribution in [-0.4, -0.2) is 17.6 Å². The number of nitro groups is 1. The number of hydrogen-bond donors (Lipinski definition) is 1. The summed E-state index contributed by atoms with van der Waals surface area (Å²) in [7, 11) is 0. The van der Waals surface area contributed by atoms with E-state index in [0.29, 0.717) is 0 Å². The van der Waals surface area contributed by atoms with Crippen LogP contribution >= 0.6 is 11.6 Å². The molecule has 0 radical (unpaired) electrons. The predicted molar refractivity (Wildman–Crippen MR) is 55.3 cm³/mol. The molecule has 1 aromatic rings. The Kier molecular flexibility index (Phi) is 2.66. The third kappa shape index (κ3) is 1.79. The zero-order valence-electron chi connectivity index (χ0n) is 7.97. The Labute approximate surface area is 95.3 Å². The monoisotopic (exact) mass is 242 g/mol. The number of amides is 1. The summed E-state index contributed by atoms with van der Waals surface area (Å²) in [5.41, 5.74) is 0.0847. The first-order valence-electron chi connectivity index (χ1n) is 4.47. The highest BCUT2D eigenvalue weighted by Crippen LogP contribution is 2.35. The summed E-state index contributed by atoms with van der Waals surface area (Å²) in [5.74, 6) is 0. The highest BCUT2D eigenvalue weighted by molar-refractivity contribution is 6.31. The lowest BCUT2D eigenvalue weighted by atomic mass is 10.1. The van der Waals surface area contributed by atoms with E-state index in [-0.39, 0.29) is 22.8 Å². The number of carbonyl (C=O) groups excluding carboxylic acids is 1. The first-order chi connectivity index (χ1) is 7.59. The Morgan fingerprint density at radius 1 is 1.56 bits per heavy atom. The fraction of sp³-hybridized carbons (Fsp3) is 0.222. The average molecular weight is 243 g/mol. The van der Waals surface area contributed by atoms with E-state index >= 15 is 0 Å². The Balaban J connectivity index is 2.46. The summed E-state index contributed by atoms with van der Waals surface area (Å²) in [4.78, 5) is 21.1. The van der Waals surface area contributed by atoms with Crippen molar-refractivity contribution in [2.24, 2.45) is 0 Å². The van der Waals surface area contributed by atoms with Crippen molar-refractivity contribution in [3.05, 3.63) is 38.9 Å². The first-order valence-corrected chi connectivity index (χ1v) is 4.84. The normalized spacial score (nSPS) is 19.1. The van der Waals surface area contributed by atoms with E-state index in [9.17, 15) is 14.9 Å². The van der Waals surface area contributed by atoms with Crippen LogP contribution in [0.3, 0.4) is 0 Å². The molecule has 1 saturated heterocycles. The number of hydrogen-bond acceptors (Lipinski definition) is 4. The molecule has 1 aliphatic rings. The SMILES string of the molecule is O=C1NCC(c2c(Cl)cccc2[N+](=O)[O-])O1. The molecule has 1 heterocycles. The molecule has 0 aliphatic carbocycles. The van der Waals surface area contributed by atoms with Crippen LogP contribution in [-0.2, 0) is 4.74 Å². The van der Waals surface area contributed by atoms with Gasteiger partial charge in [0.1, 0.15) is 0 Å². The third-order valence-electron chi connectivity index (χ3n) is 2.23. The van der Waals surface area contributed by atoms with E-state index in [1.807, 2.05) is 0 Å². The standard InChI is InChI=1S/C9H7ClN2O4/c10-5-2-1-3-6(12(14)15)8(5)7-4-11-9(13)16-7/h1-3,7H,4H2,(H,11,13). The quantitative estimate of drug-likeness (QED) is 0.635. The van der Waals surface area contributed by atoms with Crippen molar-refractivity contribution in [2.75, 3.05) is 6.54 Å². The van der Waals surface area contributed by atoms with Gasteiger partial charge in [0.25, 0.3) is 5.69 Å². The van der Waals surface area contributed by atoms with E-state index in [1.165, 1.54) is 18.2 Å². The van der Waals surface area contributed by atoms with E-state index in [1.54, 1.807) is 0 Å². The van der Waals surface area contributed by atoms with Gasteiger partial charge in [-0.15, -0.1) is 0 Å². The summed E-state index contributed by atoms with van der Waals surface area (Å²) in [5, 5.41) is 13.4. The second kappa shape index (κ2) is 3.97. The highest BCUT2D eigenvalue weighted by atomic mass is 35.5. The maximum absolute atomic E-state index is 10.9. The van der Waals surface area contributed by atoms with Gasteiger partial charge in [-0.2, -0.15) is 0 Å². The van der Waals surface area contributed by atoms with Gasteiger partial charge in [-0.1, -0.05) is 17.7 Å². The zero-order valence-corrected chi connectivity index (χ0v) is 8.73. The molecule has 1 aliphatic heterocycles. The van der Waals surface area contributed by atoms with Gasteiger partial charge in [-0.05, 0) is 6.07 Å². The number of nitro benzene ring substituents is 1. The van der Waals surface area contributed by atoms with Gasteiger partial charge in [0.05, 0.1) is 22.1 Å². The smallest absolute Gasteiger partial charge is 0.407 e. The number of nitrogens with one attached hydrogen (secondary N) is 1. The fourth-order valence-corrected chi connectivity index (χ4v) is 1.84. The number of ether oxygens (including phenoxy) is 1. The van der Waals surface area contributed by atoms with Gasteiger partial charge in [0.15, 0.2) is 6.10 Å². The average Bonchev–Trinajstić information content (AvgIpc) is 2.64. The van der Waals surface area contributed by atoms with E-state index in [0.717, 1.165) is 0 Å². The summed E-state index contributed by atoms with van der Waals surface area (Å²) in [6, 6.07) is 4.33. The Bertz CT molecular complexity index is 463.